The van der Waals surface area contributed by atoms with Crippen molar-refractivity contribution in [2.75, 3.05) is 48.1 Å². The molecule has 16 nitrogen and oxygen atoms in total. The Bertz CT molecular complexity index is 1850. The van der Waals surface area contributed by atoms with Crippen LogP contribution in [0.2, 0.25) is 0 Å². The Kier molecular flexibility index (Phi) is 25.8. The predicted octanol–water partition coefficient (Wildman–Crippen LogP) is 7.17. The zero-order valence-corrected chi connectivity index (χ0v) is 45.5. The number of amides is 1. The lowest BCUT2D eigenvalue weighted by atomic mass is 9.78. The molecule has 0 unspecified atom stereocenters. The minimum Gasteiger partial charge on any atom is -0.460 e. The van der Waals surface area contributed by atoms with Gasteiger partial charge in [-0.15, -0.1) is 0 Å². The molecular formula is C56H93N3O13. The van der Waals surface area contributed by atoms with Gasteiger partial charge in [0.25, 0.3) is 11.7 Å². The summed E-state index contributed by atoms with van der Waals surface area (Å²) in [5.41, 5.74) is 7.87. The normalized spacial score (nSPS) is 39.2. The molecule has 3 fully saturated rings. The van der Waals surface area contributed by atoms with Crippen molar-refractivity contribution in [1.29, 1.82) is 0 Å². The van der Waals surface area contributed by atoms with Gasteiger partial charge in [-0.05, 0) is 126 Å². The van der Waals surface area contributed by atoms with Crippen molar-refractivity contribution in [3.8, 4) is 0 Å². The summed E-state index contributed by atoms with van der Waals surface area (Å²) in [4.78, 5) is 50.5. The number of nitrogens with zero attached hydrogens (tertiary/aromatic N) is 2. The highest BCUT2D eigenvalue weighted by molar-refractivity contribution is 6.39. The van der Waals surface area contributed by atoms with Gasteiger partial charge in [-0.3, -0.25) is 9.59 Å². The van der Waals surface area contributed by atoms with Crippen LogP contribution in [0, 0.1) is 35.5 Å². The maximum atomic E-state index is 14.7. The zero-order valence-electron chi connectivity index (χ0n) is 45.5. The number of fused-ring (bicyclic) bond motifs is 3. The summed E-state index contributed by atoms with van der Waals surface area (Å²) in [7, 11) is 6.38. The number of piperidine rings is 1. The van der Waals surface area contributed by atoms with Crippen molar-refractivity contribution in [1.82, 2.24) is 4.90 Å². The second-order valence-corrected chi connectivity index (χ2v) is 21.4. The number of methoxy groups -OCH3 is 4. The molecule has 1 amide bonds. The Morgan fingerprint density at radius 3 is 2.26 bits per heavy atom. The number of allylic oxidation sites excluding steroid dienone is 5. The number of hydrogen-bond donors (Lipinski definition) is 4. The molecule has 0 aromatic rings. The molecule has 72 heavy (non-hydrogen) atoms. The highest BCUT2D eigenvalue weighted by atomic mass is 16.6. The van der Waals surface area contributed by atoms with Crippen LogP contribution in [0.1, 0.15) is 138 Å². The fourth-order valence-electron chi connectivity index (χ4n) is 11.1. The van der Waals surface area contributed by atoms with Crippen molar-refractivity contribution in [3.05, 3.63) is 47.6 Å². The highest BCUT2D eigenvalue weighted by Gasteiger charge is 2.53. The lowest BCUT2D eigenvalue weighted by molar-refractivity contribution is -0.265. The van der Waals surface area contributed by atoms with Crippen molar-refractivity contribution in [2.45, 2.75) is 199 Å². The van der Waals surface area contributed by atoms with E-state index in [4.69, 9.17) is 39.0 Å². The summed E-state index contributed by atoms with van der Waals surface area (Å²) in [6.07, 6.45) is 15.0. The SMILES string of the molecule is CO[C@H]1C[C@@H]2CC[C@@H](C)[C@@](O)(O2)C(=O)C(=O)N2CCCC[C@H]2C(=O)O[C@H]([C@H](C)C[C@@H]2CC[C@@H](O)[C@H](OC)C2)C[C@@H](OC)[C@H](C)/C=C(\C)[C@@H](O)[C@@H](OC)C(=NOCCCCN)[C@H](C)C[C@H](C)/C=C/C=C/C=C/1C. The van der Waals surface area contributed by atoms with Gasteiger partial charge >= 0.3 is 5.97 Å². The third-order valence-electron chi connectivity index (χ3n) is 15.8. The fourth-order valence-corrected chi connectivity index (χ4v) is 11.1. The van der Waals surface area contributed by atoms with Crippen LogP contribution < -0.4 is 5.73 Å². The number of nitrogens with two attached hydrogens (primary N) is 1. The average Bonchev–Trinajstić information content (AvgIpc) is 3.36. The summed E-state index contributed by atoms with van der Waals surface area (Å²) in [6, 6.07) is -1.07. The number of carbonyl (C=O) groups is 3. The van der Waals surface area contributed by atoms with Gasteiger partial charge in [0.15, 0.2) is 0 Å². The summed E-state index contributed by atoms with van der Waals surface area (Å²) in [5, 5.41) is 39.3. The molecular weight excluding hydrogens is 923 g/mol. The van der Waals surface area contributed by atoms with Gasteiger partial charge in [0.1, 0.15) is 31.0 Å². The van der Waals surface area contributed by atoms with E-state index in [9.17, 15) is 29.7 Å². The van der Waals surface area contributed by atoms with E-state index in [1.807, 2.05) is 58.1 Å². The number of Topliss-reactive ketones (excluding diaryl/α,β-unsaturated/α-hetero) is 1. The van der Waals surface area contributed by atoms with E-state index in [1.165, 1.54) is 4.90 Å². The van der Waals surface area contributed by atoms with Crippen LogP contribution in [-0.2, 0) is 47.6 Å². The number of ether oxygens (including phenoxy) is 6. The Balaban J connectivity index is 1.77. The monoisotopic (exact) mass is 1020 g/mol. The second kappa shape index (κ2) is 30.3. The summed E-state index contributed by atoms with van der Waals surface area (Å²) in [6.45, 7) is 14.8. The number of carbonyl (C=O) groups excluding carboxylic acids is 3. The summed E-state index contributed by atoms with van der Waals surface area (Å²) in [5.74, 6) is -6.10. The lowest BCUT2D eigenvalue weighted by Gasteiger charge is -2.43. The van der Waals surface area contributed by atoms with Crippen LogP contribution in [0.15, 0.2) is 52.8 Å². The third kappa shape index (κ3) is 17.1. The molecule has 2 bridgehead atoms. The molecule has 0 spiro atoms. The lowest BCUT2D eigenvalue weighted by Crippen LogP contribution is -2.61. The zero-order chi connectivity index (χ0) is 53.1. The highest BCUT2D eigenvalue weighted by Crippen LogP contribution is 2.38. The van der Waals surface area contributed by atoms with Gasteiger partial charge in [-0.1, -0.05) is 76.2 Å². The molecule has 3 aliphatic heterocycles. The molecule has 0 aromatic carbocycles. The number of aliphatic hydroxyl groups is 3. The first-order valence-electron chi connectivity index (χ1n) is 26.9. The molecule has 1 aliphatic carbocycles. The van der Waals surface area contributed by atoms with E-state index in [0.29, 0.717) is 82.2 Å². The topological polar surface area (TPSA) is 218 Å². The molecule has 3 heterocycles. The quantitative estimate of drug-likeness (QED) is 0.0501. The van der Waals surface area contributed by atoms with Gasteiger partial charge in [0, 0.05) is 65.6 Å². The molecule has 410 valence electrons. The Labute approximate surface area is 431 Å². The Morgan fingerprint density at radius 2 is 1.58 bits per heavy atom. The average molecular weight is 1020 g/mol. The molecule has 5 N–H and O–H groups in total. The van der Waals surface area contributed by atoms with Gasteiger partial charge in [0.2, 0.25) is 5.79 Å². The van der Waals surface area contributed by atoms with E-state index < -0.39 is 78.1 Å². The first kappa shape index (κ1) is 61.2. The van der Waals surface area contributed by atoms with Crippen LogP contribution >= 0.6 is 0 Å². The first-order chi connectivity index (χ1) is 34.3. The number of esters is 1. The summed E-state index contributed by atoms with van der Waals surface area (Å²) < 4.78 is 36.5. The molecule has 0 aromatic heterocycles. The smallest absolute Gasteiger partial charge is 0.329 e. The van der Waals surface area contributed by atoms with Crippen LogP contribution in [-0.4, -0.2) is 152 Å². The van der Waals surface area contributed by atoms with Crippen LogP contribution in [0.5, 0.6) is 0 Å². The predicted molar refractivity (Wildman–Crippen MR) is 278 cm³/mol. The maximum Gasteiger partial charge on any atom is 0.329 e. The van der Waals surface area contributed by atoms with Crippen LogP contribution in [0.3, 0.4) is 0 Å². The number of rotatable bonds is 12. The number of hydrogen-bond acceptors (Lipinski definition) is 15. The first-order valence-corrected chi connectivity index (χ1v) is 26.9. The second-order valence-electron chi connectivity index (χ2n) is 21.4. The van der Waals surface area contributed by atoms with Crippen LogP contribution in [0.4, 0.5) is 0 Å². The van der Waals surface area contributed by atoms with Crippen molar-refractivity contribution in [2.24, 2.45) is 46.4 Å². The molecule has 2 saturated heterocycles. The Morgan fingerprint density at radius 1 is 0.847 bits per heavy atom. The number of aliphatic hydroxyl groups excluding tert-OH is 2. The maximum absolute atomic E-state index is 14.7. The fraction of sp³-hybridized carbons (Fsp3) is 0.786. The molecule has 16 heteroatoms. The van der Waals surface area contributed by atoms with Gasteiger partial charge in [0.05, 0.1) is 36.2 Å². The molecule has 1 saturated carbocycles. The van der Waals surface area contributed by atoms with Crippen molar-refractivity contribution < 1.29 is 63.0 Å². The number of ketones is 1. The number of oxime groups is 1. The van der Waals surface area contributed by atoms with E-state index in [0.717, 1.165) is 24.8 Å². The molecule has 16 atom stereocenters. The third-order valence-corrected chi connectivity index (χ3v) is 15.8. The molecule has 4 rings (SSSR count). The Hall–Kier alpha value is -3.32. The van der Waals surface area contributed by atoms with E-state index in [-0.39, 0.29) is 55.1 Å². The standard InChI is InChI=1S/C56H93N3O13/c1-35-19-13-12-14-20-36(2)46(66-8)33-43-24-22-41(7)56(65,72-43)53(62)54(63)59-27-17-15-21-44(59)55(64)71-48(38(4)31-42-23-25-45(60)49(32-42)68-10)34-47(67-9)37(3)30-40(6)51(61)52(69-11)50(39(5)29-35)58-70-28-18-16-26-57/h12-14,19-20,30,35,37-39,41-49,51-52,60-61,65H,15-18,21-29,31-34,57H2,1-11H3/b14-12+,19-13+,36-20+,40-30+,58-50?/t35-,37-,38-,39-,41-,42+,43+,44+,45-,46+,47-,48+,49-,51-,52+,56-/m1/s1. The van der Waals surface area contributed by atoms with Gasteiger partial charge < -0.3 is 59.2 Å². The largest absolute Gasteiger partial charge is 0.460 e. The summed E-state index contributed by atoms with van der Waals surface area (Å²) >= 11 is 0. The van der Waals surface area contributed by atoms with Crippen LogP contribution in [0.25, 0.3) is 0 Å². The van der Waals surface area contributed by atoms with Crippen molar-refractivity contribution >= 4 is 23.4 Å². The van der Waals surface area contributed by atoms with Gasteiger partial charge in [-0.25, -0.2) is 4.79 Å². The molecule has 4 aliphatic rings. The number of cyclic esters (lactones) is 1. The van der Waals surface area contributed by atoms with E-state index in [2.05, 4.69) is 25.1 Å². The minimum atomic E-state index is -2.40. The number of unbranched alkanes of at least 4 members (excludes halogenated alkanes) is 1. The van der Waals surface area contributed by atoms with E-state index >= 15 is 0 Å². The molecule has 0 radical (unpaired) electrons. The minimum absolute atomic E-state index is 0.115. The van der Waals surface area contributed by atoms with Gasteiger partial charge in [-0.2, -0.15) is 0 Å². The van der Waals surface area contributed by atoms with Crippen molar-refractivity contribution in [3.63, 3.8) is 0 Å². The van der Waals surface area contributed by atoms with E-state index in [1.54, 1.807) is 35.4 Å².